The Morgan fingerprint density at radius 1 is 1.03 bits per heavy atom. The Morgan fingerprint density at radius 3 is 2.47 bits per heavy atom. The van der Waals surface area contributed by atoms with Gasteiger partial charge in [-0.05, 0) is 24.6 Å². The van der Waals surface area contributed by atoms with E-state index in [0.29, 0.717) is 24.7 Å². The van der Waals surface area contributed by atoms with E-state index in [1.807, 2.05) is 30.3 Å². The maximum absolute atomic E-state index is 12.9. The molecule has 0 spiro atoms. The van der Waals surface area contributed by atoms with Gasteiger partial charge in [0.15, 0.2) is 17.5 Å². The highest BCUT2D eigenvalue weighted by Gasteiger charge is 2.16. The monoisotopic (exact) mass is 414 g/mol. The second-order valence-corrected chi connectivity index (χ2v) is 6.33. The van der Waals surface area contributed by atoms with Gasteiger partial charge >= 0.3 is 6.61 Å². The number of guanidine groups is 1. The highest BCUT2D eigenvalue weighted by molar-refractivity contribution is 5.83. The zero-order chi connectivity index (χ0) is 21.3. The van der Waals surface area contributed by atoms with Crippen LogP contribution in [0.3, 0.4) is 0 Å². The van der Waals surface area contributed by atoms with Gasteiger partial charge in [-0.2, -0.15) is 8.78 Å². The molecule has 1 aromatic heterocycles. The highest BCUT2D eigenvalue weighted by Crippen LogP contribution is 2.32. The zero-order valence-corrected chi connectivity index (χ0v) is 16.9. The fourth-order valence-corrected chi connectivity index (χ4v) is 3.08. The smallest absolute Gasteiger partial charge is 0.387 e. The number of halogens is 2. The van der Waals surface area contributed by atoms with E-state index in [4.69, 9.17) is 9.47 Å². The van der Waals surface area contributed by atoms with Gasteiger partial charge in [0.1, 0.15) is 0 Å². The molecule has 0 atom stereocenters. The number of pyridine rings is 1. The molecule has 0 aliphatic heterocycles. The molecule has 0 saturated carbocycles. The van der Waals surface area contributed by atoms with Crippen molar-refractivity contribution in [2.45, 2.75) is 26.6 Å². The summed E-state index contributed by atoms with van der Waals surface area (Å²) in [5.74, 6) is 0.824. The van der Waals surface area contributed by atoms with E-state index in [1.54, 1.807) is 38.4 Å². The third-order valence-corrected chi connectivity index (χ3v) is 4.40. The first-order chi connectivity index (χ1) is 14.6. The van der Waals surface area contributed by atoms with Gasteiger partial charge in [0.05, 0.1) is 12.1 Å². The zero-order valence-electron chi connectivity index (χ0n) is 16.9. The Hall–Kier alpha value is -3.42. The summed E-state index contributed by atoms with van der Waals surface area (Å²) < 4.78 is 35.9. The number of fused-ring (bicyclic) bond motifs is 1. The quantitative estimate of drug-likeness (QED) is 0.429. The molecule has 0 amide bonds. The minimum atomic E-state index is -2.94. The lowest BCUT2D eigenvalue weighted by Crippen LogP contribution is -2.36. The molecule has 2 aromatic carbocycles. The first-order valence-electron chi connectivity index (χ1n) is 9.59. The Kier molecular flexibility index (Phi) is 7.37. The Bertz CT molecular complexity index is 1010. The van der Waals surface area contributed by atoms with Crippen LogP contribution >= 0.6 is 0 Å². The number of aliphatic imine (C=N–C) groups is 1. The molecule has 0 saturated heterocycles. The largest absolute Gasteiger partial charge is 0.490 e. The molecule has 8 heteroatoms. The average molecular weight is 414 g/mol. The summed E-state index contributed by atoms with van der Waals surface area (Å²) in [6.45, 7) is -0.0743. The number of para-hydroxylation sites is 2. The molecular formula is C22H24F2N4O2. The lowest BCUT2D eigenvalue weighted by atomic mass is 10.1. The fourth-order valence-electron chi connectivity index (χ4n) is 3.08. The molecule has 0 radical (unpaired) electrons. The molecule has 3 rings (SSSR count). The average Bonchev–Trinajstić information content (AvgIpc) is 2.75. The van der Waals surface area contributed by atoms with Crippen LogP contribution in [0.1, 0.15) is 18.1 Å². The number of rotatable bonds is 8. The van der Waals surface area contributed by atoms with Gasteiger partial charge in [-0.15, -0.1) is 0 Å². The summed E-state index contributed by atoms with van der Waals surface area (Å²) in [5.41, 5.74) is 2.48. The van der Waals surface area contributed by atoms with Gasteiger partial charge in [0.25, 0.3) is 0 Å². The Morgan fingerprint density at radius 2 is 1.73 bits per heavy atom. The second kappa shape index (κ2) is 10.4. The maximum atomic E-state index is 12.9. The van der Waals surface area contributed by atoms with Crippen molar-refractivity contribution in [1.29, 1.82) is 0 Å². The minimum absolute atomic E-state index is 0.0237. The van der Waals surface area contributed by atoms with Crippen LogP contribution in [-0.2, 0) is 13.1 Å². The Labute approximate surface area is 173 Å². The molecule has 3 aromatic rings. The molecular weight excluding hydrogens is 390 g/mol. The summed E-state index contributed by atoms with van der Waals surface area (Å²) >= 11 is 0. The number of benzene rings is 2. The van der Waals surface area contributed by atoms with Crippen LogP contribution in [0, 0.1) is 0 Å². The Balaban J connectivity index is 1.69. The van der Waals surface area contributed by atoms with Gasteiger partial charge in [-0.3, -0.25) is 9.98 Å². The molecule has 6 nitrogen and oxygen atoms in total. The van der Waals surface area contributed by atoms with Crippen LogP contribution in [0.2, 0.25) is 0 Å². The van der Waals surface area contributed by atoms with E-state index >= 15 is 0 Å². The number of hydrogen-bond donors (Lipinski definition) is 2. The van der Waals surface area contributed by atoms with Crippen molar-refractivity contribution in [3.63, 3.8) is 0 Å². The van der Waals surface area contributed by atoms with Gasteiger partial charge in [-0.1, -0.05) is 36.4 Å². The third kappa shape index (κ3) is 5.34. The summed E-state index contributed by atoms with van der Waals surface area (Å²) in [4.78, 5) is 8.64. The predicted molar refractivity (Wildman–Crippen MR) is 113 cm³/mol. The van der Waals surface area contributed by atoms with Crippen molar-refractivity contribution in [2.24, 2.45) is 4.99 Å². The molecule has 2 N–H and O–H groups in total. The van der Waals surface area contributed by atoms with Crippen molar-refractivity contribution in [2.75, 3.05) is 13.7 Å². The minimum Gasteiger partial charge on any atom is -0.490 e. The van der Waals surface area contributed by atoms with Crippen molar-refractivity contribution in [3.8, 4) is 11.5 Å². The summed E-state index contributed by atoms with van der Waals surface area (Å²) in [6, 6.07) is 14.9. The van der Waals surface area contributed by atoms with Gasteiger partial charge < -0.3 is 20.1 Å². The second-order valence-electron chi connectivity index (χ2n) is 6.33. The van der Waals surface area contributed by atoms with Gasteiger partial charge in [0.2, 0.25) is 0 Å². The van der Waals surface area contributed by atoms with Crippen LogP contribution < -0.4 is 20.1 Å². The third-order valence-electron chi connectivity index (χ3n) is 4.40. The number of ether oxygens (including phenoxy) is 2. The number of nitrogens with zero attached hydrogens (tertiary/aromatic N) is 2. The first-order valence-corrected chi connectivity index (χ1v) is 9.59. The number of alkyl halides is 2. The number of hydrogen-bond acceptors (Lipinski definition) is 4. The van der Waals surface area contributed by atoms with Crippen molar-refractivity contribution in [3.05, 3.63) is 65.9 Å². The van der Waals surface area contributed by atoms with E-state index in [9.17, 15) is 8.78 Å². The molecule has 0 bridgehead atoms. The number of aromatic nitrogens is 1. The summed E-state index contributed by atoms with van der Waals surface area (Å²) in [7, 11) is 1.64. The van der Waals surface area contributed by atoms with Crippen LogP contribution in [0.25, 0.3) is 10.9 Å². The van der Waals surface area contributed by atoms with E-state index in [-0.39, 0.29) is 18.0 Å². The normalized spacial score (nSPS) is 11.6. The molecule has 0 aliphatic carbocycles. The van der Waals surface area contributed by atoms with E-state index in [2.05, 4.69) is 20.6 Å². The van der Waals surface area contributed by atoms with Crippen molar-refractivity contribution in [1.82, 2.24) is 15.6 Å². The summed E-state index contributed by atoms with van der Waals surface area (Å²) in [6.07, 6.45) is 1.76. The molecule has 158 valence electrons. The fraction of sp³-hybridized carbons (Fsp3) is 0.273. The van der Waals surface area contributed by atoms with Crippen molar-refractivity contribution >= 4 is 16.9 Å². The van der Waals surface area contributed by atoms with Crippen LogP contribution in [0.5, 0.6) is 11.5 Å². The van der Waals surface area contributed by atoms with Crippen LogP contribution in [0.15, 0.2) is 59.7 Å². The SMILES string of the molecule is CCOc1cccc(CNC(=NC)NCc2cccc3cccnc23)c1OC(F)F. The first kappa shape index (κ1) is 21.3. The number of nitrogens with one attached hydrogen (secondary N) is 2. The van der Waals surface area contributed by atoms with Gasteiger partial charge in [0, 0.05) is 37.3 Å². The molecule has 1 heterocycles. The van der Waals surface area contributed by atoms with E-state index < -0.39 is 6.61 Å². The molecule has 0 fully saturated rings. The lowest BCUT2D eigenvalue weighted by molar-refractivity contribution is -0.0520. The maximum Gasteiger partial charge on any atom is 0.387 e. The van der Waals surface area contributed by atoms with Crippen molar-refractivity contribution < 1.29 is 18.3 Å². The topological polar surface area (TPSA) is 67.8 Å². The van der Waals surface area contributed by atoms with Crippen LogP contribution in [0.4, 0.5) is 8.78 Å². The van der Waals surface area contributed by atoms with E-state index in [1.165, 1.54) is 0 Å². The van der Waals surface area contributed by atoms with E-state index in [0.717, 1.165) is 16.5 Å². The predicted octanol–water partition coefficient (Wildman–Crippen LogP) is 4.10. The lowest BCUT2D eigenvalue weighted by Gasteiger charge is -2.17. The van der Waals surface area contributed by atoms with Gasteiger partial charge in [-0.25, -0.2) is 0 Å². The molecule has 0 unspecified atom stereocenters. The molecule has 0 aliphatic rings. The molecule has 30 heavy (non-hydrogen) atoms. The summed E-state index contributed by atoms with van der Waals surface area (Å²) in [5, 5.41) is 7.41. The highest BCUT2D eigenvalue weighted by atomic mass is 19.3. The van der Waals surface area contributed by atoms with Crippen LogP contribution in [-0.4, -0.2) is 31.2 Å². The standard InChI is InChI=1S/C22H24F2N4O2/c1-3-29-18-11-5-9-17(20(18)30-21(23)24)14-28-22(25-2)27-13-16-8-4-7-15-10-6-12-26-19(15)16/h4-12,21H,3,13-14H2,1-2H3,(H2,25,27,28).